The number of nitrogens with two attached hydrogens (primary N) is 1. The lowest BCUT2D eigenvalue weighted by Crippen LogP contribution is -2.59. The summed E-state index contributed by atoms with van der Waals surface area (Å²) >= 11 is 0. The molecule has 0 amide bonds. The molecule has 2 N–H and O–H groups in total. The van der Waals surface area contributed by atoms with Crippen molar-refractivity contribution in [1.29, 1.82) is 0 Å². The van der Waals surface area contributed by atoms with Crippen molar-refractivity contribution >= 4 is 5.78 Å². The maximum Gasteiger partial charge on any atom is 0.158 e. The number of Topliss-reactive ketones (excluding diaryl/α,β-unsaturated/α-hetero) is 1. The molecule has 3 nitrogen and oxygen atoms in total. The Hall–Kier alpha value is -0.670. The maximum atomic E-state index is 12.9. The number of ketones is 1. The average molecular weight is 482 g/mol. The van der Waals surface area contributed by atoms with Gasteiger partial charge in [0.25, 0.3) is 0 Å². The summed E-state index contributed by atoms with van der Waals surface area (Å²) in [6, 6.07) is 0. The fourth-order valence-electron chi connectivity index (χ4n) is 11.3. The third kappa shape index (κ3) is 3.92. The van der Waals surface area contributed by atoms with Crippen LogP contribution in [0.3, 0.4) is 0 Å². The molecule has 6 rings (SSSR count). The fraction of sp³-hybridized carbons (Fsp3) is 0.906. The molecule has 0 aromatic heterocycles. The molecular formula is C32H51NO2. The number of fused-ring (bicyclic) bond motifs is 7. The van der Waals surface area contributed by atoms with Gasteiger partial charge >= 0.3 is 0 Å². The molecule has 35 heavy (non-hydrogen) atoms. The lowest BCUT2D eigenvalue weighted by Gasteiger charge is -2.66. The third-order valence-corrected chi connectivity index (χ3v) is 13.0. The van der Waals surface area contributed by atoms with E-state index in [1.807, 2.05) is 0 Å². The molecule has 0 radical (unpaired) electrons. The van der Waals surface area contributed by atoms with Crippen LogP contribution < -0.4 is 5.73 Å². The largest absolute Gasteiger partial charge is 0.378 e. The number of rotatable bonds is 5. The first kappa shape index (κ1) is 24.7. The van der Waals surface area contributed by atoms with Crippen molar-refractivity contribution in [3.8, 4) is 0 Å². The zero-order valence-electron chi connectivity index (χ0n) is 22.7. The summed E-state index contributed by atoms with van der Waals surface area (Å²) in [4.78, 5) is 12.9. The van der Waals surface area contributed by atoms with Crippen LogP contribution in [0.4, 0.5) is 0 Å². The minimum atomic E-state index is 0.193. The van der Waals surface area contributed by atoms with Crippen molar-refractivity contribution in [2.75, 3.05) is 13.2 Å². The van der Waals surface area contributed by atoms with Crippen LogP contribution in [0.1, 0.15) is 117 Å². The van der Waals surface area contributed by atoms with E-state index in [0.717, 1.165) is 48.7 Å². The SMILES string of the molecule is CC12C=C(CCN)C(=O)CC1CCC1(C)C3CCC4(CCC5CCCCO5)CCCC4C3CCC21. The minimum Gasteiger partial charge on any atom is -0.378 e. The second-order valence-electron chi connectivity index (χ2n) is 14.3. The van der Waals surface area contributed by atoms with E-state index in [-0.39, 0.29) is 5.41 Å². The molecule has 1 aliphatic heterocycles. The standard InChI is InChI=1S/C32H51NO2/c1-30-15-10-23-20-28(34)22(13-18-33)21-31(23,2)29(30)9-8-25-26(30)12-17-32(14-5-7-27(25)32)16-11-24-6-3-4-19-35-24/h21,23-27,29H,3-20,33H2,1-2H3. The molecular weight excluding hydrogens is 430 g/mol. The normalized spacial score (nSPS) is 49.5. The van der Waals surface area contributed by atoms with Crippen molar-refractivity contribution in [3.63, 3.8) is 0 Å². The summed E-state index contributed by atoms with van der Waals surface area (Å²) in [5, 5.41) is 0. The lowest BCUT2D eigenvalue weighted by molar-refractivity contribution is -0.159. The highest BCUT2D eigenvalue weighted by atomic mass is 16.5. The molecule has 196 valence electrons. The van der Waals surface area contributed by atoms with Crippen molar-refractivity contribution < 1.29 is 9.53 Å². The van der Waals surface area contributed by atoms with Gasteiger partial charge in [0.05, 0.1) is 6.10 Å². The molecule has 5 aliphatic carbocycles. The van der Waals surface area contributed by atoms with Crippen LogP contribution in [-0.4, -0.2) is 25.0 Å². The van der Waals surface area contributed by atoms with Crippen LogP contribution in [0.15, 0.2) is 11.6 Å². The highest BCUT2D eigenvalue weighted by Gasteiger charge is 2.63. The second kappa shape index (κ2) is 9.26. The lowest BCUT2D eigenvalue weighted by atomic mass is 9.39. The first-order valence-electron chi connectivity index (χ1n) is 15.5. The second-order valence-corrected chi connectivity index (χ2v) is 14.3. The Morgan fingerprint density at radius 1 is 0.971 bits per heavy atom. The van der Waals surface area contributed by atoms with Gasteiger partial charge in [0.2, 0.25) is 0 Å². The molecule has 9 atom stereocenters. The molecule has 9 unspecified atom stereocenters. The number of allylic oxidation sites excluding steroid dienone is 1. The molecule has 0 spiro atoms. The van der Waals surface area contributed by atoms with Gasteiger partial charge in [-0.05, 0) is 148 Å². The Morgan fingerprint density at radius 3 is 2.66 bits per heavy atom. The number of hydrogen-bond donors (Lipinski definition) is 1. The Bertz CT molecular complexity index is 845. The quantitative estimate of drug-likeness (QED) is 0.451. The van der Waals surface area contributed by atoms with Crippen LogP contribution in [0.5, 0.6) is 0 Å². The highest BCUT2D eigenvalue weighted by Crippen LogP contribution is 2.71. The fourth-order valence-corrected chi connectivity index (χ4v) is 11.3. The van der Waals surface area contributed by atoms with E-state index in [9.17, 15) is 4.79 Å². The van der Waals surface area contributed by atoms with Gasteiger partial charge in [-0.25, -0.2) is 0 Å². The zero-order chi connectivity index (χ0) is 24.3. The van der Waals surface area contributed by atoms with E-state index in [4.69, 9.17) is 10.5 Å². The highest BCUT2D eigenvalue weighted by molar-refractivity contribution is 5.96. The summed E-state index contributed by atoms with van der Waals surface area (Å²) in [6.45, 7) is 6.83. The molecule has 3 heteroatoms. The van der Waals surface area contributed by atoms with Crippen molar-refractivity contribution in [2.24, 2.45) is 51.6 Å². The first-order chi connectivity index (χ1) is 16.9. The van der Waals surface area contributed by atoms with Gasteiger partial charge in [-0.1, -0.05) is 26.3 Å². The van der Waals surface area contributed by atoms with E-state index in [0.29, 0.717) is 35.2 Å². The smallest absolute Gasteiger partial charge is 0.158 e. The van der Waals surface area contributed by atoms with Crippen LogP contribution in [0, 0.1) is 45.8 Å². The number of carbonyl (C=O) groups excluding carboxylic acids is 1. The molecule has 1 saturated heterocycles. The summed E-state index contributed by atoms with van der Waals surface area (Å²) in [6.07, 6.45) is 24.0. The Kier molecular flexibility index (Phi) is 6.52. The summed E-state index contributed by atoms with van der Waals surface area (Å²) in [5.74, 6) is 4.48. The van der Waals surface area contributed by atoms with Crippen molar-refractivity contribution in [3.05, 3.63) is 11.6 Å². The molecule has 1 heterocycles. The molecule has 0 aromatic rings. The Balaban J connectivity index is 1.23. The van der Waals surface area contributed by atoms with Crippen molar-refractivity contribution in [1.82, 2.24) is 0 Å². The molecule has 6 aliphatic rings. The Labute approximate surface area is 214 Å². The van der Waals surface area contributed by atoms with Crippen LogP contribution in [-0.2, 0) is 9.53 Å². The summed E-state index contributed by atoms with van der Waals surface area (Å²) in [5.41, 5.74) is 8.23. The maximum absolute atomic E-state index is 12.9. The van der Waals surface area contributed by atoms with E-state index >= 15 is 0 Å². The first-order valence-corrected chi connectivity index (χ1v) is 15.5. The molecule has 5 fully saturated rings. The van der Waals surface area contributed by atoms with Gasteiger partial charge in [-0.2, -0.15) is 0 Å². The Morgan fingerprint density at radius 2 is 1.86 bits per heavy atom. The predicted octanol–water partition coefficient (Wildman–Crippen LogP) is 7.23. The van der Waals surface area contributed by atoms with Gasteiger partial charge < -0.3 is 10.5 Å². The zero-order valence-corrected chi connectivity index (χ0v) is 22.7. The van der Waals surface area contributed by atoms with E-state index in [1.54, 1.807) is 0 Å². The summed E-state index contributed by atoms with van der Waals surface area (Å²) < 4.78 is 6.17. The topological polar surface area (TPSA) is 52.3 Å². The number of ether oxygens (including phenoxy) is 1. The molecule has 4 saturated carbocycles. The molecule has 0 aromatic carbocycles. The van der Waals surface area contributed by atoms with Gasteiger partial charge in [-0.3, -0.25) is 4.79 Å². The number of hydrogen-bond acceptors (Lipinski definition) is 3. The van der Waals surface area contributed by atoms with Gasteiger partial charge in [0.15, 0.2) is 5.78 Å². The monoisotopic (exact) mass is 481 g/mol. The van der Waals surface area contributed by atoms with Crippen LogP contribution >= 0.6 is 0 Å². The van der Waals surface area contributed by atoms with Crippen molar-refractivity contribution in [2.45, 2.75) is 123 Å². The van der Waals surface area contributed by atoms with Gasteiger partial charge in [-0.15, -0.1) is 0 Å². The van der Waals surface area contributed by atoms with Gasteiger partial charge in [0.1, 0.15) is 0 Å². The average Bonchev–Trinajstić information content (AvgIpc) is 3.29. The molecule has 0 bridgehead atoms. The predicted molar refractivity (Wildman–Crippen MR) is 142 cm³/mol. The van der Waals surface area contributed by atoms with E-state index in [1.165, 1.54) is 89.9 Å². The van der Waals surface area contributed by atoms with Gasteiger partial charge in [0, 0.05) is 13.0 Å². The van der Waals surface area contributed by atoms with E-state index in [2.05, 4.69) is 19.9 Å². The van der Waals surface area contributed by atoms with E-state index < -0.39 is 0 Å². The summed E-state index contributed by atoms with van der Waals surface area (Å²) in [7, 11) is 0. The van der Waals surface area contributed by atoms with Crippen LogP contribution in [0.2, 0.25) is 0 Å². The third-order valence-electron chi connectivity index (χ3n) is 13.0. The van der Waals surface area contributed by atoms with Crippen LogP contribution in [0.25, 0.3) is 0 Å². The number of carbonyl (C=O) groups is 1. The minimum absolute atomic E-state index is 0.193.